The van der Waals surface area contributed by atoms with Crippen LogP contribution in [0.4, 0.5) is 14.9 Å². The summed E-state index contributed by atoms with van der Waals surface area (Å²) in [6.07, 6.45) is 6.00. The van der Waals surface area contributed by atoms with Gasteiger partial charge in [-0.2, -0.15) is 0 Å². The Morgan fingerprint density at radius 2 is 2.35 bits per heavy atom. The molecule has 3 nitrogen and oxygen atoms in total. The molecule has 0 aliphatic carbocycles. The van der Waals surface area contributed by atoms with Crippen LogP contribution in [0.25, 0.3) is 0 Å². The Labute approximate surface area is 101 Å². The van der Waals surface area contributed by atoms with Crippen molar-refractivity contribution in [3.05, 3.63) is 30.1 Å². The molecule has 0 spiro atoms. The second kappa shape index (κ2) is 6.54. The summed E-state index contributed by atoms with van der Waals surface area (Å²) < 4.78 is 12.9. The predicted octanol–water partition coefficient (Wildman–Crippen LogP) is 2.70. The van der Waals surface area contributed by atoms with Gasteiger partial charge in [0.25, 0.3) is 0 Å². The molecule has 1 aromatic carbocycles. The number of nitrogens with zero attached hydrogens (tertiary/aromatic N) is 1. The quantitative estimate of drug-likeness (QED) is 0.798. The van der Waals surface area contributed by atoms with Crippen molar-refractivity contribution in [3.8, 4) is 12.3 Å². The Morgan fingerprint density at radius 3 is 2.94 bits per heavy atom. The molecular formula is C13H15FN2O. The van der Waals surface area contributed by atoms with Crippen LogP contribution in [0, 0.1) is 18.2 Å². The molecule has 1 N–H and O–H groups in total. The van der Waals surface area contributed by atoms with Gasteiger partial charge < -0.3 is 10.2 Å². The maximum absolute atomic E-state index is 12.9. The number of benzene rings is 1. The van der Waals surface area contributed by atoms with Crippen molar-refractivity contribution in [2.24, 2.45) is 0 Å². The van der Waals surface area contributed by atoms with Crippen molar-refractivity contribution in [3.63, 3.8) is 0 Å². The molecule has 17 heavy (non-hydrogen) atoms. The molecule has 90 valence electrons. The Hall–Kier alpha value is -2.02. The fourth-order valence-electron chi connectivity index (χ4n) is 1.40. The lowest BCUT2D eigenvalue weighted by Gasteiger charge is -2.19. The van der Waals surface area contributed by atoms with Gasteiger partial charge in [0.05, 0.1) is 6.54 Å². The van der Waals surface area contributed by atoms with Crippen molar-refractivity contribution in [1.82, 2.24) is 4.90 Å². The van der Waals surface area contributed by atoms with Crippen LogP contribution in [0.5, 0.6) is 0 Å². The number of anilines is 1. The topological polar surface area (TPSA) is 32.3 Å². The average molecular weight is 234 g/mol. The maximum Gasteiger partial charge on any atom is 0.322 e. The van der Waals surface area contributed by atoms with E-state index in [-0.39, 0.29) is 18.4 Å². The summed E-state index contributed by atoms with van der Waals surface area (Å²) in [7, 11) is 0. The summed E-state index contributed by atoms with van der Waals surface area (Å²) in [5.41, 5.74) is 0.424. The van der Waals surface area contributed by atoms with Crippen molar-refractivity contribution in [1.29, 1.82) is 0 Å². The van der Waals surface area contributed by atoms with E-state index in [0.717, 1.165) is 6.42 Å². The van der Waals surface area contributed by atoms with Gasteiger partial charge in [-0.25, -0.2) is 9.18 Å². The number of nitrogens with one attached hydrogen (secondary N) is 1. The molecule has 0 saturated carbocycles. The third kappa shape index (κ3) is 4.15. The van der Waals surface area contributed by atoms with Crippen LogP contribution in [-0.2, 0) is 0 Å². The number of terminal acetylenes is 1. The third-order valence-electron chi connectivity index (χ3n) is 2.14. The molecule has 1 aromatic rings. The average Bonchev–Trinajstić information content (AvgIpc) is 2.28. The second-order valence-electron chi connectivity index (χ2n) is 3.57. The van der Waals surface area contributed by atoms with Gasteiger partial charge in [-0.1, -0.05) is 18.9 Å². The highest BCUT2D eigenvalue weighted by atomic mass is 19.1. The predicted molar refractivity (Wildman–Crippen MR) is 66.1 cm³/mol. The zero-order valence-electron chi connectivity index (χ0n) is 9.74. The molecule has 0 radical (unpaired) electrons. The molecule has 2 amide bonds. The molecule has 0 aliphatic heterocycles. The molecule has 0 fully saturated rings. The van der Waals surface area contributed by atoms with Gasteiger partial charge in [0.15, 0.2) is 0 Å². The maximum atomic E-state index is 12.9. The summed E-state index contributed by atoms with van der Waals surface area (Å²) in [6.45, 7) is 2.78. The minimum atomic E-state index is -0.387. The van der Waals surface area contributed by atoms with Crippen LogP contribution in [0.15, 0.2) is 24.3 Å². The van der Waals surface area contributed by atoms with Crippen molar-refractivity contribution < 1.29 is 9.18 Å². The number of hydrogen-bond acceptors (Lipinski definition) is 1. The molecule has 0 heterocycles. The summed E-state index contributed by atoms with van der Waals surface area (Å²) in [5.74, 6) is 2.03. The molecule has 0 unspecified atom stereocenters. The Bertz CT molecular complexity index is 426. The lowest BCUT2D eigenvalue weighted by molar-refractivity contribution is 0.218. The zero-order valence-corrected chi connectivity index (χ0v) is 9.74. The summed E-state index contributed by atoms with van der Waals surface area (Å²) >= 11 is 0. The molecular weight excluding hydrogens is 219 g/mol. The lowest BCUT2D eigenvalue weighted by atomic mass is 10.3. The highest BCUT2D eigenvalue weighted by Gasteiger charge is 2.11. The number of amides is 2. The Morgan fingerprint density at radius 1 is 1.59 bits per heavy atom. The fraction of sp³-hybridized carbons (Fsp3) is 0.308. The molecule has 1 rings (SSSR count). The summed E-state index contributed by atoms with van der Waals surface area (Å²) in [6, 6.07) is 5.44. The molecule has 4 heteroatoms. The lowest BCUT2D eigenvalue weighted by Crippen LogP contribution is -2.35. The van der Waals surface area contributed by atoms with Crippen LogP contribution < -0.4 is 5.32 Å². The smallest absolute Gasteiger partial charge is 0.313 e. The van der Waals surface area contributed by atoms with Gasteiger partial charge in [0.1, 0.15) is 5.82 Å². The number of hydrogen-bond donors (Lipinski definition) is 1. The molecule has 0 aromatic heterocycles. The SMILES string of the molecule is C#CCN(CCC)C(=O)Nc1cccc(F)c1. The largest absolute Gasteiger partial charge is 0.322 e. The first-order valence-electron chi connectivity index (χ1n) is 5.42. The number of carbonyl (C=O) groups excluding carboxylic acids is 1. The van der Waals surface area contributed by atoms with Crippen LogP contribution in [0.3, 0.4) is 0 Å². The molecule has 0 aliphatic rings. The molecule has 0 bridgehead atoms. The van der Waals surface area contributed by atoms with Crippen LogP contribution in [0.1, 0.15) is 13.3 Å². The van der Waals surface area contributed by atoms with E-state index in [0.29, 0.717) is 12.2 Å². The first-order chi connectivity index (χ1) is 8.17. The second-order valence-corrected chi connectivity index (χ2v) is 3.57. The minimum absolute atomic E-state index is 0.245. The van der Waals surface area contributed by atoms with Crippen LogP contribution in [0.2, 0.25) is 0 Å². The van der Waals surface area contributed by atoms with Crippen molar-refractivity contribution in [2.75, 3.05) is 18.4 Å². The first-order valence-corrected chi connectivity index (χ1v) is 5.42. The molecule has 0 atom stereocenters. The van der Waals surface area contributed by atoms with Gasteiger partial charge in [-0.15, -0.1) is 6.42 Å². The highest BCUT2D eigenvalue weighted by Crippen LogP contribution is 2.10. The van der Waals surface area contributed by atoms with Gasteiger partial charge in [-0.3, -0.25) is 0 Å². The number of halogens is 1. The van der Waals surface area contributed by atoms with Crippen molar-refractivity contribution >= 4 is 11.7 Å². The molecule has 0 saturated heterocycles. The van der Waals surface area contributed by atoms with Gasteiger partial charge in [0.2, 0.25) is 0 Å². The van der Waals surface area contributed by atoms with E-state index in [1.807, 2.05) is 6.92 Å². The number of carbonyl (C=O) groups is 1. The standard InChI is InChI=1S/C13H15FN2O/c1-3-8-16(9-4-2)13(17)15-12-7-5-6-11(14)10-12/h1,5-7,10H,4,8-9H2,2H3,(H,15,17). The first kappa shape index (κ1) is 13.0. The van der Waals surface area contributed by atoms with E-state index >= 15 is 0 Å². The zero-order chi connectivity index (χ0) is 12.7. The Kier molecular flexibility index (Phi) is 5.02. The van der Waals surface area contributed by atoms with E-state index in [1.54, 1.807) is 6.07 Å². The highest BCUT2D eigenvalue weighted by molar-refractivity contribution is 5.89. The van der Waals surface area contributed by atoms with Gasteiger partial charge in [0, 0.05) is 12.2 Å². The monoisotopic (exact) mass is 234 g/mol. The fourth-order valence-corrected chi connectivity index (χ4v) is 1.40. The van der Waals surface area contributed by atoms with Gasteiger partial charge in [-0.05, 0) is 24.6 Å². The van der Waals surface area contributed by atoms with E-state index in [4.69, 9.17) is 6.42 Å². The van der Waals surface area contributed by atoms with E-state index in [9.17, 15) is 9.18 Å². The summed E-state index contributed by atoms with van der Waals surface area (Å²) in [4.78, 5) is 13.3. The third-order valence-corrected chi connectivity index (χ3v) is 2.14. The van der Waals surface area contributed by atoms with Crippen LogP contribution >= 0.6 is 0 Å². The minimum Gasteiger partial charge on any atom is -0.313 e. The van der Waals surface area contributed by atoms with E-state index < -0.39 is 0 Å². The number of urea groups is 1. The van der Waals surface area contributed by atoms with Crippen molar-refractivity contribution in [2.45, 2.75) is 13.3 Å². The van der Waals surface area contributed by atoms with E-state index in [2.05, 4.69) is 11.2 Å². The van der Waals surface area contributed by atoms with Crippen LogP contribution in [-0.4, -0.2) is 24.0 Å². The normalized spacial score (nSPS) is 9.47. The van der Waals surface area contributed by atoms with Gasteiger partial charge >= 0.3 is 6.03 Å². The Balaban J connectivity index is 2.66. The number of rotatable bonds is 4. The summed E-state index contributed by atoms with van der Waals surface area (Å²) in [5, 5.41) is 2.60. The van der Waals surface area contributed by atoms with E-state index in [1.165, 1.54) is 23.1 Å².